The minimum atomic E-state index is 0.759. The summed E-state index contributed by atoms with van der Waals surface area (Å²) in [7, 11) is 0. The molecule has 2 heteroatoms. The lowest BCUT2D eigenvalue weighted by Crippen LogP contribution is -2.11. The van der Waals surface area contributed by atoms with E-state index in [0.717, 1.165) is 23.4 Å². The summed E-state index contributed by atoms with van der Waals surface area (Å²) >= 11 is 6.12. The first-order valence-corrected chi connectivity index (χ1v) is 4.76. The maximum atomic E-state index is 6.12. The van der Waals surface area contributed by atoms with E-state index < -0.39 is 0 Å². The van der Waals surface area contributed by atoms with Crippen molar-refractivity contribution in [3.05, 3.63) is 28.8 Å². The molecule has 0 radical (unpaired) electrons. The molecule has 0 aromatic heterocycles. The number of halogens is 1. The van der Waals surface area contributed by atoms with Crippen LogP contribution in [0.3, 0.4) is 0 Å². The van der Waals surface area contributed by atoms with Crippen molar-refractivity contribution < 1.29 is 0 Å². The van der Waals surface area contributed by atoms with E-state index in [2.05, 4.69) is 11.4 Å². The van der Waals surface area contributed by atoms with Crippen LogP contribution in [0.2, 0.25) is 5.02 Å². The number of hydrogen-bond donors (Lipinski definition) is 1. The molecule has 0 spiro atoms. The summed E-state index contributed by atoms with van der Waals surface area (Å²) in [5.41, 5.74) is 2.61. The van der Waals surface area contributed by atoms with Gasteiger partial charge in [-0.15, -0.1) is 0 Å². The van der Waals surface area contributed by atoms with Crippen molar-refractivity contribution >= 4 is 17.3 Å². The van der Waals surface area contributed by atoms with E-state index in [4.69, 9.17) is 11.6 Å². The fraction of sp³-hybridized carbons (Fsp3) is 0.400. The normalized spacial score (nSPS) is 30.1. The summed E-state index contributed by atoms with van der Waals surface area (Å²) in [4.78, 5) is 0. The number of fused-ring (bicyclic) bond motifs is 3. The predicted octanol–water partition coefficient (Wildman–Crippen LogP) is 2.87. The van der Waals surface area contributed by atoms with Gasteiger partial charge in [0.2, 0.25) is 0 Å². The Morgan fingerprint density at radius 2 is 2.33 bits per heavy atom. The van der Waals surface area contributed by atoms with E-state index in [9.17, 15) is 0 Å². The van der Waals surface area contributed by atoms with Crippen molar-refractivity contribution in [2.45, 2.75) is 12.3 Å². The molecule has 2 aliphatic rings. The Labute approximate surface area is 76.7 Å². The van der Waals surface area contributed by atoms with E-state index in [0.29, 0.717) is 0 Å². The average Bonchev–Trinajstić information content (AvgIpc) is 2.82. The van der Waals surface area contributed by atoms with Crippen molar-refractivity contribution in [2.24, 2.45) is 5.92 Å². The summed E-state index contributed by atoms with van der Waals surface area (Å²) < 4.78 is 0. The summed E-state index contributed by atoms with van der Waals surface area (Å²) in [5, 5.41) is 4.35. The molecule has 2 unspecified atom stereocenters. The van der Waals surface area contributed by atoms with Crippen molar-refractivity contribution in [3.8, 4) is 0 Å². The van der Waals surface area contributed by atoms with Crippen LogP contribution in [-0.2, 0) is 0 Å². The third-order valence-corrected chi connectivity index (χ3v) is 3.23. The van der Waals surface area contributed by atoms with Crippen molar-refractivity contribution in [2.75, 3.05) is 11.9 Å². The molecule has 3 rings (SSSR count). The SMILES string of the molecule is Clc1cccc2c1C1CC1CN2. The van der Waals surface area contributed by atoms with Crippen molar-refractivity contribution in [1.82, 2.24) is 0 Å². The molecule has 0 amide bonds. The monoisotopic (exact) mass is 179 g/mol. The molecule has 62 valence electrons. The average molecular weight is 180 g/mol. The van der Waals surface area contributed by atoms with E-state index in [1.807, 2.05) is 12.1 Å². The van der Waals surface area contributed by atoms with Gasteiger partial charge < -0.3 is 5.32 Å². The highest BCUT2D eigenvalue weighted by Crippen LogP contribution is 2.54. The fourth-order valence-corrected chi connectivity index (χ4v) is 2.45. The lowest BCUT2D eigenvalue weighted by Gasteiger charge is -2.17. The van der Waals surface area contributed by atoms with Crippen LogP contribution in [0.4, 0.5) is 5.69 Å². The molecule has 1 aromatic rings. The van der Waals surface area contributed by atoms with Crippen LogP contribution in [-0.4, -0.2) is 6.54 Å². The quantitative estimate of drug-likeness (QED) is 0.646. The lowest BCUT2D eigenvalue weighted by molar-refractivity contribution is 0.817. The molecular weight excluding hydrogens is 170 g/mol. The second kappa shape index (κ2) is 2.17. The lowest BCUT2D eigenvalue weighted by atomic mass is 10.0. The molecule has 2 atom stereocenters. The Kier molecular flexibility index (Phi) is 1.23. The number of hydrogen-bond acceptors (Lipinski definition) is 1. The van der Waals surface area contributed by atoms with Crippen molar-refractivity contribution in [1.29, 1.82) is 0 Å². The maximum Gasteiger partial charge on any atom is 0.0461 e. The number of nitrogens with one attached hydrogen (secondary N) is 1. The Balaban J connectivity index is 2.19. The molecule has 1 aliphatic carbocycles. The highest BCUT2D eigenvalue weighted by molar-refractivity contribution is 6.31. The Morgan fingerprint density at radius 3 is 3.25 bits per heavy atom. The van der Waals surface area contributed by atoms with Gasteiger partial charge in [-0.2, -0.15) is 0 Å². The summed E-state index contributed by atoms with van der Waals surface area (Å²) in [6.07, 6.45) is 1.32. The molecule has 1 N–H and O–H groups in total. The third kappa shape index (κ3) is 0.802. The van der Waals surface area contributed by atoms with Gasteiger partial charge in [0.25, 0.3) is 0 Å². The van der Waals surface area contributed by atoms with Crippen LogP contribution in [0, 0.1) is 5.92 Å². The van der Waals surface area contributed by atoms with Gasteiger partial charge in [-0.05, 0) is 36.0 Å². The number of benzene rings is 1. The zero-order chi connectivity index (χ0) is 8.13. The van der Waals surface area contributed by atoms with Gasteiger partial charge in [0, 0.05) is 17.3 Å². The van der Waals surface area contributed by atoms with Gasteiger partial charge >= 0.3 is 0 Å². The second-order valence-electron chi connectivity index (χ2n) is 3.68. The minimum Gasteiger partial charge on any atom is -0.384 e. The minimum absolute atomic E-state index is 0.759. The van der Waals surface area contributed by atoms with Gasteiger partial charge in [-0.1, -0.05) is 17.7 Å². The van der Waals surface area contributed by atoms with E-state index in [-0.39, 0.29) is 0 Å². The Morgan fingerprint density at radius 1 is 1.42 bits per heavy atom. The van der Waals surface area contributed by atoms with Crippen LogP contribution in [0.15, 0.2) is 18.2 Å². The molecule has 1 aliphatic heterocycles. The topological polar surface area (TPSA) is 12.0 Å². The zero-order valence-electron chi connectivity index (χ0n) is 6.68. The number of rotatable bonds is 0. The van der Waals surface area contributed by atoms with Crippen LogP contribution >= 0.6 is 11.6 Å². The summed E-state index contributed by atoms with van der Waals surface area (Å²) in [6, 6.07) is 6.12. The van der Waals surface area contributed by atoms with Crippen LogP contribution in [0.5, 0.6) is 0 Å². The van der Waals surface area contributed by atoms with Crippen LogP contribution < -0.4 is 5.32 Å². The molecule has 1 aromatic carbocycles. The molecule has 0 saturated heterocycles. The highest BCUT2D eigenvalue weighted by Gasteiger charge is 2.43. The summed E-state index contributed by atoms with van der Waals surface area (Å²) in [5.74, 6) is 1.62. The van der Waals surface area contributed by atoms with Gasteiger partial charge in [-0.25, -0.2) is 0 Å². The predicted molar refractivity (Wildman–Crippen MR) is 50.8 cm³/mol. The van der Waals surface area contributed by atoms with E-state index in [1.165, 1.54) is 17.7 Å². The molecule has 12 heavy (non-hydrogen) atoms. The molecule has 1 heterocycles. The van der Waals surface area contributed by atoms with Gasteiger partial charge in [0.15, 0.2) is 0 Å². The molecule has 1 saturated carbocycles. The second-order valence-corrected chi connectivity index (χ2v) is 4.09. The molecule has 0 bridgehead atoms. The Hall–Kier alpha value is -0.690. The van der Waals surface area contributed by atoms with Crippen molar-refractivity contribution in [3.63, 3.8) is 0 Å². The molecule has 1 nitrogen and oxygen atoms in total. The standard InChI is InChI=1S/C10H10ClN/c11-8-2-1-3-9-10(8)7-4-6(7)5-12-9/h1-3,6-7,12H,4-5H2. The maximum absolute atomic E-state index is 6.12. The molecular formula is C10H10ClN. The largest absolute Gasteiger partial charge is 0.384 e. The highest BCUT2D eigenvalue weighted by atomic mass is 35.5. The van der Waals surface area contributed by atoms with Crippen LogP contribution in [0.25, 0.3) is 0 Å². The first kappa shape index (κ1) is 6.79. The Bertz CT molecular complexity index is 335. The molecule has 1 fully saturated rings. The van der Waals surface area contributed by atoms with Gasteiger partial charge in [0.05, 0.1) is 0 Å². The zero-order valence-corrected chi connectivity index (χ0v) is 7.43. The van der Waals surface area contributed by atoms with E-state index in [1.54, 1.807) is 0 Å². The third-order valence-electron chi connectivity index (χ3n) is 2.90. The first-order valence-electron chi connectivity index (χ1n) is 4.38. The number of anilines is 1. The fourth-order valence-electron chi connectivity index (χ4n) is 2.14. The summed E-state index contributed by atoms with van der Waals surface area (Å²) in [6.45, 7) is 1.14. The van der Waals surface area contributed by atoms with Gasteiger partial charge in [-0.3, -0.25) is 0 Å². The van der Waals surface area contributed by atoms with Crippen LogP contribution in [0.1, 0.15) is 17.9 Å². The smallest absolute Gasteiger partial charge is 0.0461 e. The first-order chi connectivity index (χ1) is 5.86. The van der Waals surface area contributed by atoms with Gasteiger partial charge in [0.1, 0.15) is 0 Å². The van der Waals surface area contributed by atoms with E-state index >= 15 is 0 Å².